The first kappa shape index (κ1) is 18.3. The van der Waals surface area contributed by atoms with Crippen molar-refractivity contribution >= 4 is 11.8 Å². The summed E-state index contributed by atoms with van der Waals surface area (Å²) in [7, 11) is 0. The Morgan fingerprint density at radius 1 is 0.920 bits per heavy atom. The molecule has 3 N–H and O–H groups in total. The van der Waals surface area contributed by atoms with Crippen molar-refractivity contribution in [3.8, 4) is 11.5 Å². The van der Waals surface area contributed by atoms with E-state index in [1.807, 2.05) is 30.3 Å². The number of rotatable bonds is 8. The Kier molecular flexibility index (Phi) is 7.27. The summed E-state index contributed by atoms with van der Waals surface area (Å²) in [6.07, 6.45) is 0.641. The average molecular weight is 344 g/mol. The number of ether oxygens (including phenoxy) is 2. The van der Waals surface area contributed by atoms with Crippen LogP contribution >= 0.6 is 0 Å². The molecule has 2 aromatic rings. The van der Waals surface area contributed by atoms with E-state index in [0.717, 1.165) is 5.75 Å². The predicted octanol–water partition coefficient (Wildman–Crippen LogP) is 1.64. The summed E-state index contributed by atoms with van der Waals surface area (Å²) >= 11 is 0. The summed E-state index contributed by atoms with van der Waals surface area (Å²) in [6.45, 7) is 0.691. The smallest absolute Gasteiger partial charge is 0.269 e. The molecule has 0 fully saturated rings. The van der Waals surface area contributed by atoms with Crippen molar-refractivity contribution < 1.29 is 24.2 Å². The molecule has 7 heteroatoms. The highest BCUT2D eigenvalue weighted by atomic mass is 16.5. The van der Waals surface area contributed by atoms with Gasteiger partial charge >= 0.3 is 0 Å². The summed E-state index contributed by atoms with van der Waals surface area (Å²) in [6, 6.07) is 15.1. The van der Waals surface area contributed by atoms with Crippen molar-refractivity contribution in [1.29, 1.82) is 0 Å². The van der Waals surface area contributed by atoms with E-state index in [-0.39, 0.29) is 12.4 Å². The fourth-order valence-electron chi connectivity index (χ4n) is 1.88. The lowest BCUT2D eigenvalue weighted by atomic mass is 10.2. The lowest BCUT2D eigenvalue weighted by Gasteiger charge is -2.09. The zero-order valence-electron chi connectivity index (χ0n) is 13.6. The number of hydrazine groups is 1. The molecule has 2 aromatic carbocycles. The Bertz CT molecular complexity index is 674. The molecular weight excluding hydrogens is 324 g/mol. The number of phenolic OH excluding ortho intramolecular Hbond substituents is 1. The summed E-state index contributed by atoms with van der Waals surface area (Å²) < 4.78 is 10.7. The Hall–Kier alpha value is -3.06. The number of carbonyl (C=O) groups is 2. The van der Waals surface area contributed by atoms with Crippen LogP contribution in [-0.2, 0) is 9.53 Å². The lowest BCUT2D eigenvalue weighted by Crippen LogP contribution is -2.43. The lowest BCUT2D eigenvalue weighted by molar-refractivity contribution is -0.126. The fraction of sp³-hybridized carbons (Fsp3) is 0.222. The topological polar surface area (TPSA) is 96.9 Å². The third-order valence-electron chi connectivity index (χ3n) is 3.12. The number of carbonyl (C=O) groups excluding carboxylic acids is 2. The maximum Gasteiger partial charge on any atom is 0.269 e. The first-order chi connectivity index (χ1) is 12.1. The van der Waals surface area contributed by atoms with Crippen molar-refractivity contribution in [2.24, 2.45) is 0 Å². The molecule has 25 heavy (non-hydrogen) atoms. The molecule has 0 bridgehead atoms. The summed E-state index contributed by atoms with van der Waals surface area (Å²) in [5, 5.41) is 9.15. The van der Waals surface area contributed by atoms with Gasteiger partial charge in [-0.2, -0.15) is 0 Å². The van der Waals surface area contributed by atoms with Crippen LogP contribution in [0.25, 0.3) is 0 Å². The first-order valence-corrected chi connectivity index (χ1v) is 7.79. The third kappa shape index (κ3) is 6.92. The molecular formula is C18H20N2O5. The molecule has 0 saturated heterocycles. The van der Waals surface area contributed by atoms with Gasteiger partial charge in [-0.15, -0.1) is 0 Å². The van der Waals surface area contributed by atoms with E-state index in [4.69, 9.17) is 14.6 Å². The minimum Gasteiger partial charge on any atom is -0.508 e. The van der Waals surface area contributed by atoms with Crippen LogP contribution in [0.5, 0.6) is 11.5 Å². The van der Waals surface area contributed by atoms with Crippen LogP contribution in [0.3, 0.4) is 0 Å². The maximum absolute atomic E-state index is 11.7. The van der Waals surface area contributed by atoms with Crippen LogP contribution in [0, 0.1) is 0 Å². The SMILES string of the molecule is O=C(COCCCOc1ccccc1)NNC(=O)c1ccc(O)cc1. The van der Waals surface area contributed by atoms with Crippen molar-refractivity contribution in [3.63, 3.8) is 0 Å². The minimum atomic E-state index is -0.482. The van der Waals surface area contributed by atoms with E-state index < -0.39 is 11.8 Å². The van der Waals surface area contributed by atoms with Crippen molar-refractivity contribution in [2.45, 2.75) is 6.42 Å². The highest BCUT2D eigenvalue weighted by Gasteiger charge is 2.07. The standard InChI is InChI=1S/C18H20N2O5/c21-15-9-7-14(8-10-15)18(23)20-19-17(22)13-24-11-4-12-25-16-5-2-1-3-6-16/h1-3,5-10,21H,4,11-13H2,(H,19,22)(H,20,23). The Labute approximate surface area is 145 Å². The number of amides is 2. The van der Waals surface area contributed by atoms with Crippen LogP contribution in [0.15, 0.2) is 54.6 Å². The average Bonchev–Trinajstić information content (AvgIpc) is 2.64. The zero-order valence-corrected chi connectivity index (χ0v) is 13.6. The summed E-state index contributed by atoms with van der Waals surface area (Å²) in [5.74, 6) is -0.0943. The third-order valence-corrected chi connectivity index (χ3v) is 3.12. The van der Waals surface area contributed by atoms with Gasteiger partial charge in [0.2, 0.25) is 0 Å². The molecule has 2 amide bonds. The first-order valence-electron chi connectivity index (χ1n) is 7.79. The Balaban J connectivity index is 1.53. The van der Waals surface area contributed by atoms with Gasteiger partial charge in [0.15, 0.2) is 0 Å². The van der Waals surface area contributed by atoms with Crippen molar-refractivity contribution in [2.75, 3.05) is 19.8 Å². The second-order valence-electron chi connectivity index (χ2n) is 5.12. The molecule has 7 nitrogen and oxygen atoms in total. The van der Waals surface area contributed by atoms with Crippen molar-refractivity contribution in [3.05, 3.63) is 60.2 Å². The molecule has 0 aliphatic heterocycles. The second kappa shape index (κ2) is 9.94. The van der Waals surface area contributed by atoms with Gasteiger partial charge in [-0.05, 0) is 36.4 Å². The van der Waals surface area contributed by atoms with E-state index in [9.17, 15) is 9.59 Å². The molecule has 0 spiro atoms. The Morgan fingerprint density at radius 3 is 2.36 bits per heavy atom. The zero-order chi connectivity index (χ0) is 17.9. The number of benzene rings is 2. The molecule has 0 radical (unpaired) electrons. The van der Waals surface area contributed by atoms with Gasteiger partial charge in [-0.3, -0.25) is 20.4 Å². The van der Waals surface area contributed by atoms with Gasteiger partial charge in [0.1, 0.15) is 18.1 Å². The van der Waals surface area contributed by atoms with E-state index in [0.29, 0.717) is 25.2 Å². The number of phenols is 1. The van der Waals surface area contributed by atoms with Crippen LogP contribution in [0.1, 0.15) is 16.8 Å². The summed E-state index contributed by atoms with van der Waals surface area (Å²) in [5.41, 5.74) is 4.84. The van der Waals surface area contributed by atoms with Crippen LogP contribution in [0.4, 0.5) is 0 Å². The van der Waals surface area contributed by atoms with E-state index in [1.165, 1.54) is 24.3 Å². The maximum atomic E-state index is 11.7. The molecule has 132 valence electrons. The van der Waals surface area contributed by atoms with Crippen LogP contribution in [-0.4, -0.2) is 36.7 Å². The number of para-hydroxylation sites is 1. The monoisotopic (exact) mass is 344 g/mol. The molecule has 2 rings (SSSR count). The highest BCUT2D eigenvalue weighted by Crippen LogP contribution is 2.09. The molecule has 0 aromatic heterocycles. The van der Waals surface area contributed by atoms with Gasteiger partial charge in [0, 0.05) is 12.0 Å². The number of hydrogen-bond acceptors (Lipinski definition) is 5. The van der Waals surface area contributed by atoms with Gasteiger partial charge in [-0.1, -0.05) is 18.2 Å². The quantitative estimate of drug-likeness (QED) is 0.500. The van der Waals surface area contributed by atoms with E-state index in [1.54, 1.807) is 0 Å². The van der Waals surface area contributed by atoms with Crippen molar-refractivity contribution in [1.82, 2.24) is 10.9 Å². The normalized spacial score (nSPS) is 10.1. The highest BCUT2D eigenvalue weighted by molar-refractivity contribution is 5.95. The van der Waals surface area contributed by atoms with Gasteiger partial charge < -0.3 is 14.6 Å². The largest absolute Gasteiger partial charge is 0.508 e. The van der Waals surface area contributed by atoms with Crippen LogP contribution in [0.2, 0.25) is 0 Å². The van der Waals surface area contributed by atoms with Gasteiger partial charge in [0.05, 0.1) is 13.2 Å². The van der Waals surface area contributed by atoms with E-state index in [2.05, 4.69) is 10.9 Å². The minimum absolute atomic E-state index is 0.0604. The molecule has 0 saturated carbocycles. The second-order valence-corrected chi connectivity index (χ2v) is 5.12. The molecule has 0 atom stereocenters. The van der Waals surface area contributed by atoms with Gasteiger partial charge in [-0.25, -0.2) is 0 Å². The Morgan fingerprint density at radius 2 is 1.64 bits per heavy atom. The van der Waals surface area contributed by atoms with Gasteiger partial charge in [0.25, 0.3) is 11.8 Å². The summed E-state index contributed by atoms with van der Waals surface area (Å²) in [4.78, 5) is 23.3. The molecule has 0 heterocycles. The molecule has 0 aliphatic carbocycles. The molecule has 0 aliphatic rings. The number of hydrogen-bond donors (Lipinski definition) is 3. The number of nitrogens with one attached hydrogen (secondary N) is 2. The van der Waals surface area contributed by atoms with Crippen LogP contribution < -0.4 is 15.6 Å². The fourth-order valence-corrected chi connectivity index (χ4v) is 1.88. The number of aromatic hydroxyl groups is 1. The molecule has 0 unspecified atom stereocenters. The predicted molar refractivity (Wildman–Crippen MR) is 91.1 cm³/mol. The van der Waals surface area contributed by atoms with E-state index >= 15 is 0 Å².